The Morgan fingerprint density at radius 2 is 2.17 bits per heavy atom. The number of halogens is 1. The van der Waals surface area contributed by atoms with Crippen LogP contribution in [0.25, 0.3) is 0 Å². The molecule has 36 valence electrons. The second-order valence-electron chi connectivity index (χ2n) is 0.892. The molecule has 1 atom stereocenters. The van der Waals surface area contributed by atoms with Crippen molar-refractivity contribution < 1.29 is 5.11 Å². The topological polar surface area (TPSA) is 46.2 Å². The Labute approximate surface area is 44.8 Å². The average molecular weight is 152 g/mol. The highest BCUT2D eigenvalue weighted by Crippen LogP contribution is 2.00. The first kappa shape index (κ1) is 6.14. The van der Waals surface area contributed by atoms with E-state index < -0.39 is 6.23 Å². The molecule has 0 bridgehead atoms. The second-order valence-corrected chi connectivity index (χ2v) is 1.91. The summed E-state index contributed by atoms with van der Waals surface area (Å²) in [5.74, 6) is 0. The lowest BCUT2D eigenvalue weighted by Gasteiger charge is -1.95. The predicted octanol–water partition coefficient (Wildman–Crippen LogP) is 0.172. The first-order chi connectivity index (χ1) is 2.64. The Hall–Kier alpha value is 0.140. The fraction of sp³-hybridized carbons (Fsp3) is 0.333. The summed E-state index contributed by atoms with van der Waals surface area (Å²) in [5.41, 5.74) is 4.84. The van der Waals surface area contributed by atoms with Gasteiger partial charge in [0.05, 0.1) is 0 Å². The quantitative estimate of drug-likeness (QED) is 0.526. The molecule has 0 heterocycles. The van der Waals surface area contributed by atoms with E-state index in [0.29, 0.717) is 4.48 Å². The molecule has 0 spiro atoms. The molecule has 0 aliphatic heterocycles. The van der Waals surface area contributed by atoms with Crippen molar-refractivity contribution in [2.45, 2.75) is 6.23 Å². The lowest BCUT2D eigenvalue weighted by atomic mass is 10.6. The molecule has 3 N–H and O–H groups in total. The maximum atomic E-state index is 8.26. The first-order valence-corrected chi connectivity index (χ1v) is 2.22. The van der Waals surface area contributed by atoms with E-state index in [1.165, 1.54) is 0 Å². The standard InChI is InChI=1S/C3H6BrNO/c1-2(4)3(5)6/h3,6H,1,5H2/t3-/m0/s1. The molecule has 2 nitrogen and oxygen atoms in total. The van der Waals surface area contributed by atoms with Crippen LogP contribution in [0.1, 0.15) is 0 Å². The highest BCUT2D eigenvalue weighted by atomic mass is 79.9. The number of rotatable bonds is 1. The number of nitrogens with two attached hydrogens (primary N) is 1. The van der Waals surface area contributed by atoms with Crippen LogP contribution < -0.4 is 5.73 Å². The van der Waals surface area contributed by atoms with Gasteiger partial charge in [-0.3, -0.25) is 0 Å². The first-order valence-electron chi connectivity index (χ1n) is 1.42. The minimum Gasteiger partial charge on any atom is -0.374 e. The number of aliphatic hydroxyl groups is 1. The van der Waals surface area contributed by atoms with Crippen LogP contribution in [0.15, 0.2) is 11.1 Å². The summed E-state index contributed by atoms with van der Waals surface area (Å²) in [5, 5.41) is 8.26. The predicted molar refractivity (Wildman–Crippen MR) is 28.3 cm³/mol. The Balaban J connectivity index is 3.26. The molecule has 0 aliphatic rings. The Morgan fingerprint density at radius 3 is 2.17 bits per heavy atom. The van der Waals surface area contributed by atoms with Gasteiger partial charge in [0.15, 0.2) is 0 Å². The van der Waals surface area contributed by atoms with Crippen molar-refractivity contribution in [3.63, 3.8) is 0 Å². The fourth-order valence-electron chi connectivity index (χ4n) is 0. The van der Waals surface area contributed by atoms with Gasteiger partial charge in [-0.25, -0.2) is 0 Å². The van der Waals surface area contributed by atoms with Gasteiger partial charge in [-0.2, -0.15) is 0 Å². The van der Waals surface area contributed by atoms with Crippen LogP contribution in [0.3, 0.4) is 0 Å². The van der Waals surface area contributed by atoms with Crippen LogP contribution in [0.5, 0.6) is 0 Å². The molecule has 6 heavy (non-hydrogen) atoms. The third-order valence-electron chi connectivity index (χ3n) is 0.321. The molecule has 0 saturated carbocycles. The van der Waals surface area contributed by atoms with E-state index >= 15 is 0 Å². The molecule has 0 aromatic carbocycles. The lowest BCUT2D eigenvalue weighted by Crippen LogP contribution is -2.17. The molecule has 0 aliphatic carbocycles. The smallest absolute Gasteiger partial charge is 0.134 e. The van der Waals surface area contributed by atoms with Gasteiger partial charge in [-0.1, -0.05) is 22.5 Å². The van der Waals surface area contributed by atoms with Gasteiger partial charge in [0.2, 0.25) is 0 Å². The van der Waals surface area contributed by atoms with Crippen LogP contribution in [0, 0.1) is 0 Å². The van der Waals surface area contributed by atoms with Gasteiger partial charge in [0.1, 0.15) is 6.23 Å². The molecule has 0 fully saturated rings. The van der Waals surface area contributed by atoms with Crippen molar-refractivity contribution in [3.8, 4) is 0 Å². The third-order valence-corrected chi connectivity index (χ3v) is 0.790. The summed E-state index contributed by atoms with van der Waals surface area (Å²) in [7, 11) is 0. The number of hydrogen-bond donors (Lipinski definition) is 2. The average Bonchev–Trinajstić information content (AvgIpc) is 1.36. The van der Waals surface area contributed by atoms with Crippen LogP contribution in [-0.2, 0) is 0 Å². The molecular weight excluding hydrogens is 146 g/mol. The van der Waals surface area contributed by atoms with Crippen LogP contribution in [0.4, 0.5) is 0 Å². The summed E-state index contributed by atoms with van der Waals surface area (Å²) in [6.07, 6.45) is -0.926. The van der Waals surface area contributed by atoms with Gasteiger partial charge in [0, 0.05) is 4.48 Å². The lowest BCUT2D eigenvalue weighted by molar-refractivity contribution is 0.229. The van der Waals surface area contributed by atoms with E-state index in [-0.39, 0.29) is 0 Å². The SMILES string of the molecule is C=C(Br)[C@@H](N)O. The van der Waals surface area contributed by atoms with E-state index in [1.54, 1.807) is 0 Å². The Kier molecular flexibility index (Phi) is 2.39. The summed E-state index contributed by atoms with van der Waals surface area (Å²) < 4.78 is 0.405. The Morgan fingerprint density at radius 1 is 2.00 bits per heavy atom. The summed E-state index contributed by atoms with van der Waals surface area (Å²) in [4.78, 5) is 0. The molecule has 3 heteroatoms. The van der Waals surface area contributed by atoms with E-state index in [1.807, 2.05) is 0 Å². The van der Waals surface area contributed by atoms with Crippen molar-refractivity contribution in [1.29, 1.82) is 0 Å². The highest BCUT2D eigenvalue weighted by molar-refractivity contribution is 9.11. The molecule has 0 rings (SSSR count). The van der Waals surface area contributed by atoms with Crippen molar-refractivity contribution in [1.82, 2.24) is 0 Å². The summed E-state index contributed by atoms with van der Waals surface area (Å²) in [6, 6.07) is 0. The molecular formula is C3H6BrNO. The van der Waals surface area contributed by atoms with Crippen LogP contribution >= 0.6 is 15.9 Å². The maximum Gasteiger partial charge on any atom is 0.134 e. The number of hydrogen-bond acceptors (Lipinski definition) is 2. The van der Waals surface area contributed by atoms with E-state index in [4.69, 9.17) is 10.8 Å². The monoisotopic (exact) mass is 151 g/mol. The molecule has 0 amide bonds. The zero-order chi connectivity index (χ0) is 5.15. The normalized spacial score (nSPS) is 13.8. The largest absolute Gasteiger partial charge is 0.374 e. The second kappa shape index (κ2) is 2.34. The summed E-state index contributed by atoms with van der Waals surface area (Å²) >= 11 is 2.87. The van der Waals surface area contributed by atoms with Gasteiger partial charge in [-0.15, -0.1) is 0 Å². The minimum atomic E-state index is -0.926. The fourth-order valence-corrected chi connectivity index (χ4v) is 0. The summed E-state index contributed by atoms with van der Waals surface area (Å²) in [6.45, 7) is 3.30. The van der Waals surface area contributed by atoms with Gasteiger partial charge >= 0.3 is 0 Å². The third kappa shape index (κ3) is 2.38. The zero-order valence-corrected chi connectivity index (χ0v) is 4.77. The molecule has 0 radical (unpaired) electrons. The molecule has 0 aromatic heterocycles. The molecule has 0 saturated heterocycles. The van der Waals surface area contributed by atoms with Crippen molar-refractivity contribution in [2.24, 2.45) is 5.73 Å². The van der Waals surface area contributed by atoms with Gasteiger partial charge in [-0.05, 0) is 0 Å². The van der Waals surface area contributed by atoms with Crippen LogP contribution in [-0.4, -0.2) is 11.3 Å². The van der Waals surface area contributed by atoms with Crippen molar-refractivity contribution in [3.05, 3.63) is 11.1 Å². The van der Waals surface area contributed by atoms with Gasteiger partial charge in [0.25, 0.3) is 0 Å². The molecule has 0 aromatic rings. The molecule has 0 unspecified atom stereocenters. The van der Waals surface area contributed by atoms with E-state index in [0.717, 1.165) is 0 Å². The van der Waals surface area contributed by atoms with Crippen LogP contribution in [0.2, 0.25) is 0 Å². The van der Waals surface area contributed by atoms with Crippen molar-refractivity contribution in [2.75, 3.05) is 0 Å². The van der Waals surface area contributed by atoms with E-state index in [9.17, 15) is 0 Å². The minimum absolute atomic E-state index is 0.405. The van der Waals surface area contributed by atoms with Gasteiger partial charge < -0.3 is 10.8 Å². The maximum absolute atomic E-state index is 8.26. The Bertz CT molecular complexity index is 61.8. The number of aliphatic hydroxyl groups excluding tert-OH is 1. The van der Waals surface area contributed by atoms with Crippen molar-refractivity contribution >= 4 is 15.9 Å². The zero-order valence-electron chi connectivity index (χ0n) is 3.19. The van der Waals surface area contributed by atoms with E-state index in [2.05, 4.69) is 22.5 Å². The highest BCUT2D eigenvalue weighted by Gasteiger charge is 1.92.